The van der Waals surface area contributed by atoms with Gasteiger partial charge in [-0.25, -0.2) is 9.78 Å². The summed E-state index contributed by atoms with van der Waals surface area (Å²) in [6, 6.07) is 5.35. The number of aryl methyl sites for hydroxylation is 1. The van der Waals surface area contributed by atoms with Crippen LogP contribution in [0.5, 0.6) is 0 Å². The number of hydrogen-bond donors (Lipinski definition) is 1. The van der Waals surface area contributed by atoms with Crippen molar-refractivity contribution >= 4 is 23.2 Å². The van der Waals surface area contributed by atoms with Gasteiger partial charge in [-0.05, 0) is 19.1 Å². The van der Waals surface area contributed by atoms with Crippen LogP contribution < -0.4 is 0 Å². The van der Waals surface area contributed by atoms with Gasteiger partial charge in [0.1, 0.15) is 17.1 Å². The molecule has 2 heterocycles. The fraction of sp³-hybridized carbons (Fsp3) is 0.154. The van der Waals surface area contributed by atoms with Crippen LogP contribution in [0.4, 0.5) is 0 Å². The van der Waals surface area contributed by atoms with Crippen LogP contribution >= 0.6 is 0 Å². The van der Waals surface area contributed by atoms with E-state index in [0.717, 1.165) is 13.2 Å². The summed E-state index contributed by atoms with van der Waals surface area (Å²) in [5.74, 6) is -2.28. The number of carbonyl (C=O) groups is 2. The molecule has 1 N–H and O–H groups in total. The van der Waals surface area contributed by atoms with E-state index in [9.17, 15) is 14.7 Å². The fourth-order valence-electron chi connectivity index (χ4n) is 1.77. The number of fused-ring (bicyclic) bond motifs is 1. The van der Waals surface area contributed by atoms with E-state index in [4.69, 9.17) is 0 Å². The molecule has 0 aromatic carbocycles. The second kappa shape index (κ2) is 4.93. The van der Waals surface area contributed by atoms with Crippen molar-refractivity contribution in [2.75, 3.05) is 7.11 Å². The van der Waals surface area contributed by atoms with Gasteiger partial charge >= 0.3 is 5.97 Å². The SMILES string of the molecule is COC(=O)C(=O)C=C(O)c1c(C)nc2ccccn12. The van der Waals surface area contributed by atoms with Gasteiger partial charge in [-0.2, -0.15) is 0 Å². The predicted octanol–water partition coefficient (Wildman–Crippen LogP) is 1.28. The zero-order chi connectivity index (χ0) is 14.0. The minimum absolute atomic E-state index is 0.327. The second-order valence-electron chi connectivity index (χ2n) is 3.86. The molecule has 2 aromatic heterocycles. The predicted molar refractivity (Wildman–Crippen MR) is 67.6 cm³/mol. The van der Waals surface area contributed by atoms with E-state index in [1.165, 1.54) is 0 Å². The zero-order valence-electron chi connectivity index (χ0n) is 10.5. The Bertz CT molecular complexity index is 685. The first-order valence-corrected chi connectivity index (χ1v) is 5.51. The zero-order valence-corrected chi connectivity index (χ0v) is 10.5. The van der Waals surface area contributed by atoms with Crippen molar-refractivity contribution in [1.29, 1.82) is 0 Å². The van der Waals surface area contributed by atoms with E-state index < -0.39 is 11.8 Å². The number of pyridine rings is 1. The average molecular weight is 260 g/mol. The summed E-state index contributed by atoms with van der Waals surface area (Å²) in [6.45, 7) is 1.70. The molecule has 0 unspecified atom stereocenters. The summed E-state index contributed by atoms with van der Waals surface area (Å²) < 4.78 is 5.91. The van der Waals surface area contributed by atoms with Gasteiger partial charge in [0.15, 0.2) is 0 Å². The lowest BCUT2D eigenvalue weighted by atomic mass is 10.2. The molecule has 0 bridgehead atoms. The first kappa shape index (κ1) is 12.8. The average Bonchev–Trinajstić information content (AvgIpc) is 2.73. The van der Waals surface area contributed by atoms with Crippen molar-refractivity contribution in [2.24, 2.45) is 0 Å². The van der Waals surface area contributed by atoms with Crippen molar-refractivity contribution < 1.29 is 19.4 Å². The molecule has 2 rings (SSSR count). The van der Waals surface area contributed by atoms with Crippen LogP contribution in [-0.4, -0.2) is 33.4 Å². The van der Waals surface area contributed by atoms with Gasteiger partial charge in [-0.1, -0.05) is 6.07 Å². The van der Waals surface area contributed by atoms with E-state index in [1.807, 2.05) is 6.07 Å². The topological polar surface area (TPSA) is 80.9 Å². The fourth-order valence-corrected chi connectivity index (χ4v) is 1.77. The molecule has 0 aliphatic rings. The van der Waals surface area contributed by atoms with E-state index in [2.05, 4.69) is 9.72 Å². The number of rotatable bonds is 3. The van der Waals surface area contributed by atoms with Crippen molar-refractivity contribution in [1.82, 2.24) is 9.38 Å². The molecule has 0 spiro atoms. The highest BCUT2D eigenvalue weighted by Crippen LogP contribution is 2.18. The lowest BCUT2D eigenvalue weighted by molar-refractivity contribution is -0.149. The summed E-state index contributed by atoms with van der Waals surface area (Å²) in [7, 11) is 1.10. The van der Waals surface area contributed by atoms with Gasteiger partial charge in [-0.15, -0.1) is 0 Å². The molecule has 0 radical (unpaired) electrons. The number of aliphatic hydroxyl groups is 1. The number of nitrogens with zero attached hydrogens (tertiary/aromatic N) is 2. The Kier molecular flexibility index (Phi) is 3.33. The molecule has 2 aromatic rings. The number of ether oxygens (including phenoxy) is 1. The standard InChI is InChI=1S/C13H12N2O4/c1-8-12(9(16)7-10(17)13(18)19-2)15-6-4-3-5-11(15)14-8/h3-7,16H,1-2H3. The molecule has 98 valence electrons. The molecular formula is C13H12N2O4. The lowest BCUT2D eigenvalue weighted by Gasteiger charge is -2.01. The number of hydrogen-bond acceptors (Lipinski definition) is 5. The molecule has 0 atom stereocenters. The maximum absolute atomic E-state index is 11.4. The number of esters is 1. The Hall–Kier alpha value is -2.63. The molecule has 6 heteroatoms. The van der Waals surface area contributed by atoms with Gasteiger partial charge in [-0.3, -0.25) is 9.20 Å². The van der Waals surface area contributed by atoms with E-state index in [0.29, 0.717) is 17.0 Å². The first-order chi connectivity index (χ1) is 9.04. The van der Waals surface area contributed by atoms with E-state index in [-0.39, 0.29) is 5.76 Å². The maximum Gasteiger partial charge on any atom is 0.378 e. The summed E-state index contributed by atoms with van der Waals surface area (Å²) in [6.07, 6.45) is 2.53. The highest BCUT2D eigenvalue weighted by Gasteiger charge is 2.17. The van der Waals surface area contributed by atoms with Crippen LogP contribution in [0, 0.1) is 6.92 Å². The Morgan fingerprint density at radius 3 is 2.84 bits per heavy atom. The third kappa shape index (κ3) is 2.33. The minimum Gasteiger partial charge on any atom is -0.506 e. The monoisotopic (exact) mass is 260 g/mol. The Morgan fingerprint density at radius 2 is 2.16 bits per heavy atom. The van der Waals surface area contributed by atoms with Crippen LogP contribution in [0.25, 0.3) is 11.4 Å². The Morgan fingerprint density at radius 1 is 1.42 bits per heavy atom. The number of imidazole rings is 1. The van der Waals surface area contributed by atoms with Crippen LogP contribution in [0.15, 0.2) is 30.5 Å². The summed E-state index contributed by atoms with van der Waals surface area (Å²) in [4.78, 5) is 26.6. The van der Waals surface area contributed by atoms with Gasteiger partial charge in [0, 0.05) is 12.3 Å². The van der Waals surface area contributed by atoms with E-state index >= 15 is 0 Å². The smallest absolute Gasteiger partial charge is 0.378 e. The number of aliphatic hydroxyl groups excluding tert-OH is 1. The van der Waals surface area contributed by atoms with Crippen LogP contribution in [0.2, 0.25) is 0 Å². The normalized spacial score (nSPS) is 11.6. The molecule has 0 aliphatic heterocycles. The highest BCUT2D eigenvalue weighted by molar-refractivity contribution is 6.39. The molecule has 0 saturated heterocycles. The molecule has 6 nitrogen and oxygen atoms in total. The summed E-state index contributed by atoms with van der Waals surface area (Å²) in [5.41, 5.74) is 1.56. The van der Waals surface area contributed by atoms with Crippen LogP contribution in [-0.2, 0) is 14.3 Å². The minimum atomic E-state index is -1.03. The Balaban J connectivity index is 2.50. The van der Waals surface area contributed by atoms with E-state index in [1.54, 1.807) is 29.7 Å². The maximum atomic E-state index is 11.4. The number of methoxy groups -OCH3 is 1. The highest BCUT2D eigenvalue weighted by atomic mass is 16.5. The quantitative estimate of drug-likeness (QED) is 0.389. The molecule has 0 aliphatic carbocycles. The van der Waals surface area contributed by atoms with Crippen molar-refractivity contribution in [3.8, 4) is 0 Å². The second-order valence-corrected chi connectivity index (χ2v) is 3.86. The summed E-state index contributed by atoms with van der Waals surface area (Å²) in [5, 5.41) is 9.97. The number of ketones is 1. The molecule has 0 saturated carbocycles. The Labute approximate surface area is 109 Å². The molecule has 0 fully saturated rings. The van der Waals surface area contributed by atoms with Crippen molar-refractivity contribution in [2.45, 2.75) is 6.92 Å². The first-order valence-electron chi connectivity index (χ1n) is 5.51. The molecular weight excluding hydrogens is 248 g/mol. The van der Waals surface area contributed by atoms with Crippen LogP contribution in [0.1, 0.15) is 11.4 Å². The third-order valence-electron chi connectivity index (χ3n) is 2.60. The van der Waals surface area contributed by atoms with Gasteiger partial charge < -0.3 is 9.84 Å². The lowest BCUT2D eigenvalue weighted by Crippen LogP contribution is -2.13. The largest absolute Gasteiger partial charge is 0.506 e. The van der Waals surface area contributed by atoms with Gasteiger partial charge in [0.25, 0.3) is 5.78 Å². The number of carbonyl (C=O) groups excluding carboxylic acids is 2. The van der Waals surface area contributed by atoms with Gasteiger partial charge in [0.2, 0.25) is 0 Å². The number of aromatic nitrogens is 2. The third-order valence-corrected chi connectivity index (χ3v) is 2.60. The van der Waals surface area contributed by atoms with Crippen molar-refractivity contribution in [3.63, 3.8) is 0 Å². The van der Waals surface area contributed by atoms with Crippen molar-refractivity contribution in [3.05, 3.63) is 41.9 Å². The molecule has 0 amide bonds. The molecule has 19 heavy (non-hydrogen) atoms. The van der Waals surface area contributed by atoms with Gasteiger partial charge in [0.05, 0.1) is 12.8 Å². The summed E-state index contributed by atoms with van der Waals surface area (Å²) >= 11 is 0. The van der Waals surface area contributed by atoms with Crippen LogP contribution in [0.3, 0.4) is 0 Å².